The molecule has 0 saturated carbocycles. The monoisotopic (exact) mass is 351 g/mol. The number of aliphatic hydroxyl groups excluding tert-OH is 1. The van der Waals surface area contributed by atoms with Gasteiger partial charge < -0.3 is 20.3 Å². The number of halogens is 1. The smallest absolute Gasteiger partial charge is 0.172 e. The van der Waals surface area contributed by atoms with E-state index in [0.717, 1.165) is 16.8 Å². The summed E-state index contributed by atoms with van der Waals surface area (Å²) in [4.78, 5) is 0. The van der Waals surface area contributed by atoms with Gasteiger partial charge in [-0.15, -0.1) is 0 Å². The van der Waals surface area contributed by atoms with Crippen molar-refractivity contribution in [2.75, 3.05) is 12.4 Å². The highest BCUT2D eigenvalue weighted by Gasteiger charge is 2.10. The molecule has 0 spiro atoms. The van der Waals surface area contributed by atoms with Gasteiger partial charge in [0.25, 0.3) is 0 Å². The predicted octanol–water partition coefficient (Wildman–Crippen LogP) is 3.83. The van der Waals surface area contributed by atoms with Gasteiger partial charge in [0.15, 0.2) is 11.5 Å². The summed E-state index contributed by atoms with van der Waals surface area (Å²) in [5.74, 6) is 0.510. The molecule has 2 rings (SSSR count). The van der Waals surface area contributed by atoms with Crippen LogP contribution in [0.15, 0.2) is 40.9 Å². The highest BCUT2D eigenvalue weighted by Crippen LogP contribution is 2.35. The third-order valence-corrected chi connectivity index (χ3v) is 3.81. The van der Waals surface area contributed by atoms with Crippen molar-refractivity contribution in [1.82, 2.24) is 0 Å². The van der Waals surface area contributed by atoms with Crippen molar-refractivity contribution in [3.63, 3.8) is 0 Å². The van der Waals surface area contributed by atoms with Gasteiger partial charge in [-0.1, -0.05) is 18.2 Å². The van der Waals surface area contributed by atoms with E-state index in [9.17, 15) is 10.2 Å². The second-order valence-corrected chi connectivity index (χ2v) is 5.60. The van der Waals surface area contributed by atoms with Crippen molar-refractivity contribution >= 4 is 21.6 Å². The van der Waals surface area contributed by atoms with E-state index in [2.05, 4.69) is 21.2 Å². The molecule has 0 bridgehead atoms. The number of hydrogen-bond donors (Lipinski definition) is 3. The zero-order chi connectivity index (χ0) is 15.4. The first kappa shape index (κ1) is 15.7. The summed E-state index contributed by atoms with van der Waals surface area (Å²) in [5.41, 5.74) is 2.69. The van der Waals surface area contributed by atoms with Gasteiger partial charge in [-0.25, -0.2) is 0 Å². The normalized spacial score (nSPS) is 12.0. The molecule has 0 aliphatic rings. The van der Waals surface area contributed by atoms with Crippen molar-refractivity contribution in [3.8, 4) is 11.5 Å². The summed E-state index contributed by atoms with van der Waals surface area (Å²) < 4.78 is 5.72. The summed E-state index contributed by atoms with van der Waals surface area (Å²) >= 11 is 3.30. The standard InChI is InChI=1S/C16H18BrNO3/c1-10(19)12-5-3-4-6-14(12)18-9-11-7-13(17)16(20)15(8-11)21-2/h3-8,10,18-20H,9H2,1-2H3. The Morgan fingerprint density at radius 1 is 1.29 bits per heavy atom. The van der Waals surface area contributed by atoms with Gasteiger partial charge in [0, 0.05) is 17.8 Å². The van der Waals surface area contributed by atoms with Gasteiger partial charge in [-0.3, -0.25) is 0 Å². The Balaban J connectivity index is 2.19. The van der Waals surface area contributed by atoms with Gasteiger partial charge in [0.1, 0.15) is 0 Å². The van der Waals surface area contributed by atoms with Crippen molar-refractivity contribution in [2.45, 2.75) is 19.6 Å². The Kier molecular flexibility index (Phi) is 5.09. The molecule has 0 aliphatic heterocycles. The van der Waals surface area contributed by atoms with E-state index in [4.69, 9.17) is 4.74 Å². The Bertz CT molecular complexity index is 629. The molecule has 0 heterocycles. The number of phenolic OH excluding ortho intramolecular Hbond substituents is 1. The van der Waals surface area contributed by atoms with Crippen molar-refractivity contribution < 1.29 is 14.9 Å². The first-order valence-corrected chi connectivity index (χ1v) is 7.38. The highest BCUT2D eigenvalue weighted by atomic mass is 79.9. The second kappa shape index (κ2) is 6.83. The number of aromatic hydroxyl groups is 1. The van der Waals surface area contributed by atoms with Gasteiger partial charge in [0.2, 0.25) is 0 Å². The van der Waals surface area contributed by atoms with Crippen LogP contribution in [0.4, 0.5) is 5.69 Å². The van der Waals surface area contributed by atoms with Crippen LogP contribution in [0.25, 0.3) is 0 Å². The fourth-order valence-corrected chi connectivity index (χ4v) is 2.59. The van der Waals surface area contributed by atoms with Crippen molar-refractivity contribution in [2.24, 2.45) is 0 Å². The minimum Gasteiger partial charge on any atom is -0.503 e. The molecule has 4 nitrogen and oxygen atoms in total. The van der Waals surface area contributed by atoms with E-state index < -0.39 is 6.10 Å². The summed E-state index contributed by atoms with van der Waals surface area (Å²) in [6, 6.07) is 11.2. The van der Waals surface area contributed by atoms with Gasteiger partial charge >= 0.3 is 0 Å². The maximum Gasteiger partial charge on any atom is 0.172 e. The van der Waals surface area contributed by atoms with Crippen LogP contribution < -0.4 is 10.1 Å². The summed E-state index contributed by atoms with van der Waals surface area (Å²) in [6.45, 7) is 2.29. The second-order valence-electron chi connectivity index (χ2n) is 4.75. The number of nitrogens with one attached hydrogen (secondary N) is 1. The number of benzene rings is 2. The lowest BCUT2D eigenvalue weighted by molar-refractivity contribution is 0.200. The number of hydrogen-bond acceptors (Lipinski definition) is 4. The maximum atomic E-state index is 9.80. The molecule has 21 heavy (non-hydrogen) atoms. The molecular formula is C16H18BrNO3. The fourth-order valence-electron chi connectivity index (χ4n) is 2.10. The van der Waals surface area contributed by atoms with E-state index >= 15 is 0 Å². The van der Waals surface area contributed by atoms with Crippen molar-refractivity contribution in [1.29, 1.82) is 0 Å². The Morgan fingerprint density at radius 2 is 2.00 bits per heavy atom. The van der Waals surface area contributed by atoms with E-state index in [1.165, 1.54) is 7.11 Å². The zero-order valence-corrected chi connectivity index (χ0v) is 13.5. The van der Waals surface area contributed by atoms with E-state index in [-0.39, 0.29) is 5.75 Å². The van der Waals surface area contributed by atoms with Gasteiger partial charge in [0.05, 0.1) is 17.7 Å². The van der Waals surface area contributed by atoms with E-state index in [1.54, 1.807) is 13.0 Å². The van der Waals surface area contributed by atoms with Crippen LogP contribution in [0, 0.1) is 0 Å². The predicted molar refractivity (Wildman–Crippen MR) is 86.8 cm³/mol. The number of aliphatic hydroxyl groups is 1. The first-order valence-electron chi connectivity index (χ1n) is 6.59. The lowest BCUT2D eigenvalue weighted by Crippen LogP contribution is -2.04. The molecule has 1 atom stereocenters. The average Bonchev–Trinajstić information content (AvgIpc) is 2.48. The molecule has 0 fully saturated rings. The molecule has 0 aromatic heterocycles. The molecule has 112 valence electrons. The van der Waals surface area contributed by atoms with Crippen LogP contribution in [-0.2, 0) is 6.54 Å². The maximum absolute atomic E-state index is 9.80. The molecular weight excluding hydrogens is 334 g/mol. The van der Waals surface area contributed by atoms with E-state index in [0.29, 0.717) is 16.8 Å². The summed E-state index contributed by atoms with van der Waals surface area (Å²) in [6.07, 6.45) is -0.533. The van der Waals surface area contributed by atoms with Crippen LogP contribution in [0.5, 0.6) is 11.5 Å². The largest absolute Gasteiger partial charge is 0.503 e. The first-order chi connectivity index (χ1) is 10.0. The Hall–Kier alpha value is -1.72. The molecule has 2 aromatic carbocycles. The molecule has 0 amide bonds. The SMILES string of the molecule is COc1cc(CNc2ccccc2C(C)O)cc(Br)c1O. The Labute approximate surface area is 132 Å². The van der Waals surface area contributed by atoms with Crippen LogP contribution in [-0.4, -0.2) is 17.3 Å². The van der Waals surface area contributed by atoms with Gasteiger partial charge in [-0.05, 0) is 46.6 Å². The van der Waals surface area contributed by atoms with Crippen LogP contribution >= 0.6 is 15.9 Å². The third kappa shape index (κ3) is 3.68. The molecule has 0 aliphatic carbocycles. The fraction of sp³-hybridized carbons (Fsp3) is 0.250. The average molecular weight is 352 g/mol. The number of ether oxygens (including phenoxy) is 1. The van der Waals surface area contributed by atoms with E-state index in [1.807, 2.05) is 30.3 Å². The van der Waals surface area contributed by atoms with Crippen LogP contribution in [0.2, 0.25) is 0 Å². The number of phenols is 1. The minimum absolute atomic E-state index is 0.0885. The lowest BCUT2D eigenvalue weighted by atomic mass is 10.1. The number of rotatable bonds is 5. The lowest BCUT2D eigenvalue weighted by Gasteiger charge is -2.15. The third-order valence-electron chi connectivity index (χ3n) is 3.20. The highest BCUT2D eigenvalue weighted by molar-refractivity contribution is 9.10. The Morgan fingerprint density at radius 3 is 2.67 bits per heavy atom. The number of anilines is 1. The molecule has 0 saturated heterocycles. The molecule has 1 unspecified atom stereocenters. The molecule has 2 aromatic rings. The number of methoxy groups -OCH3 is 1. The topological polar surface area (TPSA) is 61.7 Å². The molecule has 0 radical (unpaired) electrons. The minimum atomic E-state index is -0.533. The zero-order valence-electron chi connectivity index (χ0n) is 11.9. The van der Waals surface area contributed by atoms with Crippen LogP contribution in [0.3, 0.4) is 0 Å². The molecule has 3 N–H and O–H groups in total. The molecule has 5 heteroatoms. The van der Waals surface area contributed by atoms with Crippen LogP contribution in [0.1, 0.15) is 24.2 Å². The van der Waals surface area contributed by atoms with Crippen molar-refractivity contribution in [3.05, 3.63) is 52.0 Å². The summed E-state index contributed by atoms with van der Waals surface area (Å²) in [5, 5.41) is 22.9. The number of para-hydroxylation sites is 1. The van der Waals surface area contributed by atoms with Gasteiger partial charge in [-0.2, -0.15) is 0 Å². The quantitative estimate of drug-likeness (QED) is 0.765. The summed E-state index contributed by atoms with van der Waals surface area (Å²) in [7, 11) is 1.52.